The summed E-state index contributed by atoms with van der Waals surface area (Å²) >= 11 is 0. The molecule has 0 aliphatic heterocycles. The molecule has 0 aromatic rings. The zero-order valence-electron chi connectivity index (χ0n) is 10.3. The Bertz CT molecular complexity index is 394. The van der Waals surface area contributed by atoms with Crippen LogP contribution in [0, 0.1) is 17.3 Å². The van der Waals surface area contributed by atoms with Crippen LogP contribution in [-0.2, 0) is 9.59 Å². The number of aliphatic carboxylic acids is 2. The van der Waals surface area contributed by atoms with E-state index in [0.29, 0.717) is 6.42 Å². The number of hydrogen-bond acceptors (Lipinski definition) is 2. The SMILES string of the molecule is CC1=CCC([C@](C)(C(=O)O)C(C)C(=O)O)C=C1. The lowest BCUT2D eigenvalue weighted by Gasteiger charge is -2.36. The summed E-state index contributed by atoms with van der Waals surface area (Å²) in [5.41, 5.74) is -0.198. The zero-order chi connectivity index (χ0) is 13.2. The topological polar surface area (TPSA) is 74.6 Å². The normalized spacial score (nSPS) is 24.6. The molecule has 0 aromatic heterocycles. The first-order valence-corrected chi connectivity index (χ1v) is 5.61. The van der Waals surface area contributed by atoms with Gasteiger partial charge in [-0.25, -0.2) is 0 Å². The predicted octanol–water partition coefficient (Wildman–Crippen LogP) is 2.32. The van der Waals surface area contributed by atoms with Gasteiger partial charge in [-0.05, 0) is 26.2 Å². The first kappa shape index (κ1) is 13.5. The lowest BCUT2D eigenvalue weighted by Crippen LogP contribution is -2.44. The fourth-order valence-electron chi connectivity index (χ4n) is 2.09. The number of hydrogen-bond donors (Lipinski definition) is 2. The first-order valence-electron chi connectivity index (χ1n) is 5.61. The van der Waals surface area contributed by atoms with Crippen molar-refractivity contribution in [1.82, 2.24) is 0 Å². The zero-order valence-corrected chi connectivity index (χ0v) is 10.3. The van der Waals surface area contributed by atoms with Crippen molar-refractivity contribution >= 4 is 11.9 Å². The maximum Gasteiger partial charge on any atom is 0.310 e. The van der Waals surface area contributed by atoms with Gasteiger partial charge < -0.3 is 10.2 Å². The van der Waals surface area contributed by atoms with E-state index in [0.717, 1.165) is 5.57 Å². The lowest BCUT2D eigenvalue weighted by molar-refractivity contribution is -0.163. The molecule has 4 heteroatoms. The van der Waals surface area contributed by atoms with Gasteiger partial charge in [-0.15, -0.1) is 0 Å². The molecule has 94 valence electrons. The van der Waals surface area contributed by atoms with Gasteiger partial charge in [0.1, 0.15) is 0 Å². The van der Waals surface area contributed by atoms with Gasteiger partial charge in [-0.2, -0.15) is 0 Å². The Morgan fingerprint density at radius 3 is 2.41 bits per heavy atom. The number of rotatable bonds is 4. The third-order valence-corrected chi connectivity index (χ3v) is 3.79. The van der Waals surface area contributed by atoms with Crippen molar-refractivity contribution in [1.29, 1.82) is 0 Å². The molecule has 2 N–H and O–H groups in total. The standard InChI is InChI=1S/C13H18O4/c1-8-4-6-10(7-5-8)13(3,12(16)17)9(2)11(14)15/h4-6,9-10H,7H2,1-3H3,(H,14,15)(H,16,17)/t9?,10?,13-/m1/s1. The van der Waals surface area contributed by atoms with E-state index in [1.165, 1.54) is 13.8 Å². The first-order chi connectivity index (χ1) is 7.80. The fraction of sp³-hybridized carbons (Fsp3) is 0.538. The second-order valence-electron chi connectivity index (χ2n) is 4.80. The van der Waals surface area contributed by atoms with Crippen molar-refractivity contribution < 1.29 is 19.8 Å². The summed E-state index contributed by atoms with van der Waals surface area (Å²) in [5, 5.41) is 18.4. The molecule has 0 heterocycles. The van der Waals surface area contributed by atoms with Crippen LogP contribution in [0.3, 0.4) is 0 Å². The van der Waals surface area contributed by atoms with Crippen LogP contribution in [0.15, 0.2) is 23.8 Å². The van der Waals surface area contributed by atoms with Gasteiger partial charge in [0, 0.05) is 0 Å². The fourth-order valence-corrected chi connectivity index (χ4v) is 2.09. The molecule has 2 unspecified atom stereocenters. The van der Waals surface area contributed by atoms with Crippen LogP contribution in [0.2, 0.25) is 0 Å². The average molecular weight is 238 g/mol. The van der Waals surface area contributed by atoms with Gasteiger partial charge in [0.25, 0.3) is 0 Å². The van der Waals surface area contributed by atoms with E-state index in [9.17, 15) is 14.7 Å². The largest absolute Gasteiger partial charge is 0.481 e. The Labute approximate surface area is 101 Å². The van der Waals surface area contributed by atoms with Crippen molar-refractivity contribution in [3.8, 4) is 0 Å². The highest BCUT2D eigenvalue weighted by molar-refractivity contribution is 5.83. The van der Waals surface area contributed by atoms with Crippen molar-refractivity contribution in [2.45, 2.75) is 27.2 Å². The highest BCUT2D eigenvalue weighted by Gasteiger charge is 2.48. The van der Waals surface area contributed by atoms with Crippen LogP contribution < -0.4 is 0 Å². The van der Waals surface area contributed by atoms with Crippen molar-refractivity contribution in [2.24, 2.45) is 17.3 Å². The van der Waals surface area contributed by atoms with E-state index < -0.39 is 23.3 Å². The monoisotopic (exact) mass is 238 g/mol. The third-order valence-electron chi connectivity index (χ3n) is 3.79. The molecular formula is C13H18O4. The van der Waals surface area contributed by atoms with Crippen molar-refractivity contribution in [2.75, 3.05) is 0 Å². The van der Waals surface area contributed by atoms with E-state index in [1.54, 1.807) is 0 Å². The van der Waals surface area contributed by atoms with Crippen LogP contribution in [0.4, 0.5) is 0 Å². The molecule has 1 rings (SSSR count). The van der Waals surface area contributed by atoms with Crippen LogP contribution >= 0.6 is 0 Å². The minimum absolute atomic E-state index is 0.283. The van der Waals surface area contributed by atoms with Crippen LogP contribution in [-0.4, -0.2) is 22.2 Å². The molecule has 0 spiro atoms. The summed E-state index contributed by atoms with van der Waals surface area (Å²) in [4.78, 5) is 22.5. The molecule has 3 atom stereocenters. The molecule has 0 fully saturated rings. The summed E-state index contributed by atoms with van der Waals surface area (Å²) in [7, 11) is 0. The molecule has 17 heavy (non-hydrogen) atoms. The van der Waals surface area contributed by atoms with E-state index in [4.69, 9.17) is 5.11 Å². The predicted molar refractivity (Wildman–Crippen MR) is 63.5 cm³/mol. The van der Waals surface area contributed by atoms with Crippen molar-refractivity contribution in [3.05, 3.63) is 23.8 Å². The summed E-state index contributed by atoms with van der Waals surface area (Å²) in [6.07, 6.45) is 6.18. The van der Waals surface area contributed by atoms with Gasteiger partial charge in [0.05, 0.1) is 11.3 Å². The Hall–Kier alpha value is -1.58. The number of carbonyl (C=O) groups is 2. The molecule has 0 saturated heterocycles. The molecule has 0 radical (unpaired) electrons. The number of carboxylic acid groups (broad SMARTS) is 2. The highest BCUT2D eigenvalue weighted by Crippen LogP contribution is 2.41. The smallest absolute Gasteiger partial charge is 0.310 e. The van der Waals surface area contributed by atoms with E-state index in [1.807, 2.05) is 25.2 Å². The molecule has 0 aromatic carbocycles. The summed E-state index contributed by atoms with van der Waals surface area (Å²) in [5.74, 6) is -3.35. The minimum atomic E-state index is -1.28. The van der Waals surface area contributed by atoms with Gasteiger partial charge in [-0.1, -0.05) is 30.7 Å². The maximum absolute atomic E-state index is 11.4. The van der Waals surface area contributed by atoms with Crippen LogP contribution in [0.1, 0.15) is 27.2 Å². The second-order valence-corrected chi connectivity index (χ2v) is 4.80. The van der Waals surface area contributed by atoms with Crippen LogP contribution in [0.5, 0.6) is 0 Å². The number of carboxylic acids is 2. The second kappa shape index (κ2) is 4.73. The number of allylic oxidation sites excluding steroid dienone is 4. The Morgan fingerprint density at radius 2 is 2.06 bits per heavy atom. The minimum Gasteiger partial charge on any atom is -0.481 e. The average Bonchev–Trinajstić information content (AvgIpc) is 2.27. The molecule has 0 bridgehead atoms. The van der Waals surface area contributed by atoms with E-state index in [-0.39, 0.29) is 5.92 Å². The van der Waals surface area contributed by atoms with E-state index >= 15 is 0 Å². The Balaban J connectivity index is 3.06. The van der Waals surface area contributed by atoms with E-state index in [2.05, 4.69) is 0 Å². The quantitative estimate of drug-likeness (QED) is 0.788. The van der Waals surface area contributed by atoms with Gasteiger partial charge in [0.15, 0.2) is 0 Å². The molecule has 1 aliphatic rings. The molecule has 4 nitrogen and oxygen atoms in total. The Morgan fingerprint density at radius 1 is 1.47 bits per heavy atom. The Kier molecular flexibility index (Phi) is 3.76. The van der Waals surface area contributed by atoms with Gasteiger partial charge in [-0.3, -0.25) is 9.59 Å². The van der Waals surface area contributed by atoms with Crippen molar-refractivity contribution in [3.63, 3.8) is 0 Å². The molecule has 0 amide bonds. The molecule has 0 saturated carbocycles. The summed E-state index contributed by atoms with van der Waals surface area (Å²) in [6.45, 7) is 4.90. The summed E-state index contributed by atoms with van der Waals surface area (Å²) in [6, 6.07) is 0. The van der Waals surface area contributed by atoms with Crippen LogP contribution in [0.25, 0.3) is 0 Å². The van der Waals surface area contributed by atoms with Gasteiger partial charge in [0.2, 0.25) is 0 Å². The highest BCUT2D eigenvalue weighted by atomic mass is 16.4. The van der Waals surface area contributed by atoms with Gasteiger partial charge >= 0.3 is 11.9 Å². The third kappa shape index (κ3) is 2.40. The molecular weight excluding hydrogens is 220 g/mol. The molecule has 1 aliphatic carbocycles. The lowest BCUT2D eigenvalue weighted by atomic mass is 9.66. The maximum atomic E-state index is 11.4. The summed E-state index contributed by atoms with van der Waals surface area (Å²) < 4.78 is 0.